The molecule has 0 bridgehead atoms. The first-order valence-corrected chi connectivity index (χ1v) is 4.35. The van der Waals surface area contributed by atoms with Gasteiger partial charge in [-0.3, -0.25) is 9.35 Å². The van der Waals surface area contributed by atoms with Gasteiger partial charge in [-0.2, -0.15) is 8.42 Å². The monoisotopic (exact) mass is 189 g/mol. The van der Waals surface area contributed by atoms with Crippen LogP contribution in [-0.2, 0) is 14.9 Å². The SMILES string of the molecule is [CH2]CC(CC(=O)O)S(=O)(=O)O.[LiH]. The average molecular weight is 189 g/mol. The van der Waals surface area contributed by atoms with E-state index in [0.29, 0.717) is 0 Å². The number of rotatable bonds is 4. The molecule has 0 aromatic carbocycles. The van der Waals surface area contributed by atoms with Crippen LogP contribution in [0.3, 0.4) is 0 Å². The number of hydrogen-bond acceptors (Lipinski definition) is 3. The Hall–Kier alpha value is -0.0226. The van der Waals surface area contributed by atoms with Gasteiger partial charge in [-0.05, 0) is 6.42 Å². The fraction of sp³-hybridized carbons (Fsp3) is 0.600. The first-order valence-electron chi connectivity index (χ1n) is 2.85. The van der Waals surface area contributed by atoms with E-state index in [4.69, 9.17) is 9.66 Å². The molecule has 0 rings (SSSR count). The second-order valence-corrected chi connectivity index (χ2v) is 3.72. The van der Waals surface area contributed by atoms with E-state index < -0.39 is 27.8 Å². The molecule has 2 N–H and O–H groups in total. The van der Waals surface area contributed by atoms with Gasteiger partial charge in [-0.25, -0.2) is 0 Å². The molecule has 0 aromatic rings. The number of aliphatic carboxylic acids is 1. The van der Waals surface area contributed by atoms with Gasteiger partial charge in [0.15, 0.2) is 0 Å². The summed E-state index contributed by atoms with van der Waals surface area (Å²) >= 11 is 0. The van der Waals surface area contributed by atoms with Gasteiger partial charge in [0.1, 0.15) is 0 Å². The summed E-state index contributed by atoms with van der Waals surface area (Å²) < 4.78 is 29.1. The summed E-state index contributed by atoms with van der Waals surface area (Å²) in [5.74, 6) is -1.27. The molecule has 67 valence electrons. The van der Waals surface area contributed by atoms with Crippen molar-refractivity contribution >= 4 is 34.9 Å². The molecule has 0 aromatic heterocycles. The molecule has 0 heterocycles. The van der Waals surface area contributed by atoms with Gasteiger partial charge in [0.05, 0.1) is 11.7 Å². The first kappa shape index (κ1) is 14.5. The van der Waals surface area contributed by atoms with Crippen molar-refractivity contribution < 1.29 is 22.9 Å². The zero-order valence-corrected chi connectivity index (χ0v) is 6.54. The molecule has 1 radical (unpaired) electrons. The van der Waals surface area contributed by atoms with Crippen LogP contribution in [0, 0.1) is 6.92 Å². The summed E-state index contributed by atoms with van der Waals surface area (Å²) in [7, 11) is -4.25. The second-order valence-electron chi connectivity index (χ2n) is 2.02. The van der Waals surface area contributed by atoms with Crippen molar-refractivity contribution in [2.75, 3.05) is 0 Å². The van der Waals surface area contributed by atoms with Crippen molar-refractivity contribution in [2.24, 2.45) is 0 Å². The molecule has 5 nitrogen and oxygen atoms in total. The third-order valence-electron chi connectivity index (χ3n) is 1.15. The number of carboxylic acids is 1. The summed E-state index contributed by atoms with van der Waals surface area (Å²) in [5.41, 5.74) is 0. The second kappa shape index (κ2) is 5.59. The van der Waals surface area contributed by atoms with Crippen LogP contribution in [0.25, 0.3) is 0 Å². The van der Waals surface area contributed by atoms with Gasteiger partial charge in [0, 0.05) is 0 Å². The Kier molecular flexibility index (Phi) is 6.76. The summed E-state index contributed by atoms with van der Waals surface area (Å²) in [4.78, 5) is 10.0. The van der Waals surface area contributed by atoms with Gasteiger partial charge in [-0.15, -0.1) is 0 Å². The Morgan fingerprint density at radius 3 is 2.00 bits per heavy atom. The zero-order valence-electron chi connectivity index (χ0n) is 5.73. The Balaban J connectivity index is 0. The van der Waals surface area contributed by atoms with E-state index in [1.807, 2.05) is 0 Å². The van der Waals surface area contributed by atoms with Crippen molar-refractivity contribution in [3.8, 4) is 0 Å². The standard InChI is InChI=1S/C5H9O5S.Li.H/c1-2-4(3-5(6)7)11(8,9)10;;/h4H,1-3H2,(H,6,7)(H,8,9,10);;. The van der Waals surface area contributed by atoms with Gasteiger partial charge in [0.25, 0.3) is 10.1 Å². The van der Waals surface area contributed by atoms with Crippen molar-refractivity contribution in [1.82, 2.24) is 0 Å². The minimum absolute atomic E-state index is 0. The summed E-state index contributed by atoms with van der Waals surface area (Å²) in [5, 5.41) is 6.88. The van der Waals surface area contributed by atoms with Gasteiger partial charge in [0.2, 0.25) is 0 Å². The molecule has 0 amide bonds. The molecule has 0 aliphatic rings. The Labute approximate surface area is 83.1 Å². The van der Waals surface area contributed by atoms with E-state index in [-0.39, 0.29) is 25.3 Å². The molecule has 0 saturated carbocycles. The van der Waals surface area contributed by atoms with Crippen LogP contribution in [0.15, 0.2) is 0 Å². The Bertz CT molecular complexity index is 234. The normalized spacial score (nSPS) is 13.2. The molecule has 7 heteroatoms. The fourth-order valence-electron chi connectivity index (χ4n) is 0.551. The molecule has 1 atom stereocenters. The molecule has 0 aliphatic carbocycles. The van der Waals surface area contributed by atoms with E-state index in [1.165, 1.54) is 0 Å². The predicted molar refractivity (Wildman–Crippen MR) is 44.7 cm³/mol. The Morgan fingerprint density at radius 1 is 1.50 bits per heavy atom. The minimum atomic E-state index is -4.25. The molecule has 0 spiro atoms. The van der Waals surface area contributed by atoms with Crippen LogP contribution >= 0.6 is 0 Å². The topological polar surface area (TPSA) is 91.7 Å². The van der Waals surface area contributed by atoms with Gasteiger partial charge < -0.3 is 5.11 Å². The molecular formula is C5H10LiO5S. The molecule has 0 aliphatic heterocycles. The van der Waals surface area contributed by atoms with E-state index in [2.05, 4.69) is 6.92 Å². The molecule has 0 fully saturated rings. The van der Waals surface area contributed by atoms with Crippen molar-refractivity contribution in [3.63, 3.8) is 0 Å². The van der Waals surface area contributed by atoms with E-state index in [1.54, 1.807) is 0 Å². The fourth-order valence-corrected chi connectivity index (χ4v) is 1.20. The van der Waals surface area contributed by atoms with Crippen molar-refractivity contribution in [3.05, 3.63) is 6.92 Å². The summed E-state index contributed by atoms with van der Waals surface area (Å²) in [6.07, 6.45) is -0.756. The van der Waals surface area contributed by atoms with Crippen molar-refractivity contribution in [1.29, 1.82) is 0 Å². The van der Waals surface area contributed by atoms with Crippen LogP contribution in [0.4, 0.5) is 0 Å². The van der Waals surface area contributed by atoms with Crippen LogP contribution in [0.2, 0.25) is 0 Å². The molecule has 12 heavy (non-hydrogen) atoms. The predicted octanol–water partition coefficient (Wildman–Crippen LogP) is -0.707. The number of hydrogen-bond donors (Lipinski definition) is 2. The van der Waals surface area contributed by atoms with E-state index >= 15 is 0 Å². The summed E-state index contributed by atoms with van der Waals surface area (Å²) in [6, 6.07) is 0. The van der Waals surface area contributed by atoms with Gasteiger partial charge >= 0.3 is 24.8 Å². The number of carboxylic acid groups (broad SMARTS) is 1. The summed E-state index contributed by atoms with van der Waals surface area (Å²) in [6.45, 7) is 3.20. The third-order valence-corrected chi connectivity index (χ3v) is 2.39. The van der Waals surface area contributed by atoms with E-state index in [0.717, 1.165) is 0 Å². The van der Waals surface area contributed by atoms with Crippen molar-refractivity contribution in [2.45, 2.75) is 18.1 Å². The van der Waals surface area contributed by atoms with Crippen LogP contribution in [0.5, 0.6) is 0 Å². The number of carbonyl (C=O) groups is 1. The maximum atomic E-state index is 10.4. The van der Waals surface area contributed by atoms with E-state index in [9.17, 15) is 13.2 Å². The van der Waals surface area contributed by atoms with Gasteiger partial charge in [-0.1, -0.05) is 6.92 Å². The van der Waals surface area contributed by atoms with Crippen LogP contribution in [0.1, 0.15) is 12.8 Å². The average Bonchev–Trinajstić information content (AvgIpc) is 1.79. The molecular weight excluding hydrogens is 179 g/mol. The van der Waals surface area contributed by atoms with Crippen LogP contribution in [-0.4, -0.2) is 48.2 Å². The maximum absolute atomic E-state index is 10.4. The Morgan fingerprint density at radius 2 is 1.92 bits per heavy atom. The quantitative estimate of drug-likeness (QED) is 0.450. The molecule has 0 saturated heterocycles. The first-order chi connectivity index (χ1) is 4.88. The molecule has 1 unspecified atom stereocenters. The van der Waals surface area contributed by atoms with Crippen LogP contribution < -0.4 is 0 Å². The third kappa shape index (κ3) is 5.61. The zero-order chi connectivity index (χ0) is 9.07.